The number of aromatic nitrogens is 1. The van der Waals surface area contributed by atoms with Crippen molar-refractivity contribution in [3.63, 3.8) is 0 Å². The van der Waals surface area contributed by atoms with E-state index in [9.17, 15) is 4.79 Å². The van der Waals surface area contributed by atoms with Gasteiger partial charge in [-0.25, -0.2) is 0 Å². The first kappa shape index (κ1) is 13.0. The van der Waals surface area contributed by atoms with Crippen molar-refractivity contribution in [3.05, 3.63) is 42.3 Å². The van der Waals surface area contributed by atoms with Gasteiger partial charge in [-0.05, 0) is 12.1 Å². The van der Waals surface area contributed by atoms with Gasteiger partial charge in [0.15, 0.2) is 5.69 Å². The van der Waals surface area contributed by atoms with Crippen LogP contribution in [0.5, 0.6) is 5.75 Å². The number of rotatable bonds is 5. The minimum atomic E-state index is -0.361. The number of hydrogen-bond acceptors (Lipinski definition) is 5. The monoisotopic (exact) mass is 277 g/mol. The third kappa shape index (κ3) is 3.78. The van der Waals surface area contributed by atoms with Gasteiger partial charge in [-0.3, -0.25) is 4.79 Å². The molecule has 0 fully saturated rings. The standard InChI is InChI=1S/C12H11N3O3S/c13-11(19)7-17-9-3-1-2-8(6-9)14-12(16)10-4-5-18-15-10/h1-6H,7H2,(H2,13,19)(H,14,16). The Morgan fingerprint density at radius 3 is 3.00 bits per heavy atom. The highest BCUT2D eigenvalue weighted by Gasteiger charge is 2.09. The van der Waals surface area contributed by atoms with E-state index in [-0.39, 0.29) is 23.2 Å². The number of amides is 1. The number of ether oxygens (including phenoxy) is 1. The summed E-state index contributed by atoms with van der Waals surface area (Å²) >= 11 is 4.72. The first-order valence-electron chi connectivity index (χ1n) is 5.38. The molecule has 0 bridgehead atoms. The Morgan fingerprint density at radius 1 is 1.47 bits per heavy atom. The van der Waals surface area contributed by atoms with Crippen molar-refractivity contribution >= 4 is 28.8 Å². The van der Waals surface area contributed by atoms with Crippen LogP contribution < -0.4 is 15.8 Å². The molecule has 2 rings (SSSR count). The van der Waals surface area contributed by atoms with Gasteiger partial charge in [0.1, 0.15) is 23.6 Å². The second-order valence-corrected chi connectivity index (χ2v) is 4.15. The molecule has 2 aromatic rings. The lowest BCUT2D eigenvalue weighted by Crippen LogP contribution is -2.18. The molecule has 1 amide bonds. The summed E-state index contributed by atoms with van der Waals surface area (Å²) in [7, 11) is 0. The first-order valence-corrected chi connectivity index (χ1v) is 5.79. The minimum absolute atomic E-state index is 0.149. The molecule has 98 valence electrons. The molecule has 0 aliphatic heterocycles. The largest absolute Gasteiger partial charge is 0.486 e. The molecule has 19 heavy (non-hydrogen) atoms. The second kappa shape index (κ2) is 5.96. The minimum Gasteiger partial charge on any atom is -0.486 e. The fourth-order valence-electron chi connectivity index (χ4n) is 1.34. The van der Waals surface area contributed by atoms with Gasteiger partial charge in [0.2, 0.25) is 0 Å². The Bertz CT molecular complexity index is 584. The van der Waals surface area contributed by atoms with Crippen LogP contribution in [0.1, 0.15) is 10.5 Å². The average Bonchev–Trinajstić information content (AvgIpc) is 2.91. The lowest BCUT2D eigenvalue weighted by molar-refractivity contribution is 0.101. The Kier molecular flexibility index (Phi) is 4.09. The molecule has 1 aromatic carbocycles. The van der Waals surface area contributed by atoms with Gasteiger partial charge < -0.3 is 20.3 Å². The predicted molar refractivity (Wildman–Crippen MR) is 73.2 cm³/mol. The lowest BCUT2D eigenvalue weighted by atomic mass is 10.3. The summed E-state index contributed by atoms with van der Waals surface area (Å²) in [5.41, 5.74) is 6.12. The van der Waals surface area contributed by atoms with Crippen LogP contribution in [0, 0.1) is 0 Å². The highest BCUT2D eigenvalue weighted by Crippen LogP contribution is 2.17. The summed E-state index contributed by atoms with van der Waals surface area (Å²) in [6, 6.07) is 8.35. The Balaban J connectivity index is 2.02. The van der Waals surface area contributed by atoms with Gasteiger partial charge in [0.05, 0.1) is 0 Å². The molecular formula is C12H11N3O3S. The molecular weight excluding hydrogens is 266 g/mol. The van der Waals surface area contributed by atoms with Crippen LogP contribution in [0.3, 0.4) is 0 Å². The first-order chi connectivity index (χ1) is 9.15. The van der Waals surface area contributed by atoms with Crippen LogP contribution in [-0.2, 0) is 0 Å². The number of nitrogens with zero attached hydrogens (tertiary/aromatic N) is 1. The van der Waals surface area contributed by atoms with E-state index in [1.54, 1.807) is 24.3 Å². The maximum atomic E-state index is 11.7. The van der Waals surface area contributed by atoms with Crippen LogP contribution in [0.15, 0.2) is 41.1 Å². The van der Waals surface area contributed by atoms with Crippen LogP contribution in [0.2, 0.25) is 0 Å². The van der Waals surface area contributed by atoms with E-state index in [2.05, 4.69) is 15.0 Å². The van der Waals surface area contributed by atoms with E-state index in [0.29, 0.717) is 11.4 Å². The highest BCUT2D eigenvalue weighted by molar-refractivity contribution is 7.80. The molecule has 0 atom stereocenters. The zero-order valence-corrected chi connectivity index (χ0v) is 10.6. The van der Waals surface area contributed by atoms with E-state index in [0.717, 1.165) is 0 Å². The summed E-state index contributed by atoms with van der Waals surface area (Å²) in [5, 5.41) is 6.21. The van der Waals surface area contributed by atoms with Crippen LogP contribution >= 0.6 is 12.2 Å². The van der Waals surface area contributed by atoms with Crippen molar-refractivity contribution in [3.8, 4) is 5.75 Å². The second-order valence-electron chi connectivity index (χ2n) is 3.62. The smallest absolute Gasteiger partial charge is 0.277 e. The van der Waals surface area contributed by atoms with Gasteiger partial charge in [-0.15, -0.1) is 0 Å². The number of benzene rings is 1. The number of nitrogens with two attached hydrogens (primary N) is 1. The van der Waals surface area contributed by atoms with E-state index in [4.69, 9.17) is 22.7 Å². The quantitative estimate of drug-likeness (QED) is 0.807. The molecule has 0 unspecified atom stereocenters. The molecule has 3 N–H and O–H groups in total. The highest BCUT2D eigenvalue weighted by atomic mass is 32.1. The fourth-order valence-corrected chi connectivity index (χ4v) is 1.40. The summed E-state index contributed by atoms with van der Waals surface area (Å²) < 4.78 is 9.93. The molecule has 1 heterocycles. The van der Waals surface area contributed by atoms with Crippen molar-refractivity contribution in [2.45, 2.75) is 0 Å². The molecule has 1 aromatic heterocycles. The van der Waals surface area contributed by atoms with Gasteiger partial charge in [-0.1, -0.05) is 23.4 Å². The van der Waals surface area contributed by atoms with Crippen molar-refractivity contribution < 1.29 is 14.1 Å². The molecule has 6 nitrogen and oxygen atoms in total. The normalized spacial score (nSPS) is 9.89. The van der Waals surface area contributed by atoms with E-state index < -0.39 is 0 Å². The molecule has 0 aliphatic carbocycles. The number of hydrogen-bond donors (Lipinski definition) is 2. The van der Waals surface area contributed by atoms with Crippen molar-refractivity contribution in [2.24, 2.45) is 5.73 Å². The maximum absolute atomic E-state index is 11.7. The third-order valence-corrected chi connectivity index (χ3v) is 2.26. The van der Waals surface area contributed by atoms with Crippen LogP contribution in [-0.4, -0.2) is 22.7 Å². The Morgan fingerprint density at radius 2 is 2.32 bits per heavy atom. The van der Waals surface area contributed by atoms with Crippen LogP contribution in [0.4, 0.5) is 5.69 Å². The van der Waals surface area contributed by atoms with E-state index in [1.807, 2.05) is 0 Å². The third-order valence-electron chi connectivity index (χ3n) is 2.14. The lowest BCUT2D eigenvalue weighted by Gasteiger charge is -2.07. The van der Waals surface area contributed by atoms with Crippen molar-refractivity contribution in [1.29, 1.82) is 0 Å². The number of nitrogens with one attached hydrogen (secondary N) is 1. The number of carbonyl (C=O) groups is 1. The Hall–Kier alpha value is -2.41. The zero-order chi connectivity index (χ0) is 13.7. The van der Waals surface area contributed by atoms with Gasteiger partial charge in [-0.2, -0.15) is 0 Å². The molecule has 0 radical (unpaired) electrons. The summed E-state index contributed by atoms with van der Waals surface area (Å²) in [6.45, 7) is 0.149. The molecule has 0 saturated heterocycles. The fraction of sp³-hybridized carbons (Fsp3) is 0.0833. The molecule has 0 aliphatic rings. The maximum Gasteiger partial charge on any atom is 0.277 e. The van der Waals surface area contributed by atoms with Crippen molar-refractivity contribution in [1.82, 2.24) is 5.16 Å². The van der Waals surface area contributed by atoms with E-state index >= 15 is 0 Å². The average molecular weight is 277 g/mol. The predicted octanol–water partition coefficient (Wildman–Crippen LogP) is 1.59. The van der Waals surface area contributed by atoms with E-state index in [1.165, 1.54) is 12.3 Å². The number of carbonyl (C=O) groups excluding carboxylic acids is 1. The van der Waals surface area contributed by atoms with Crippen molar-refractivity contribution in [2.75, 3.05) is 11.9 Å². The Labute approximate surface area is 114 Å². The summed E-state index contributed by atoms with van der Waals surface area (Å²) in [5.74, 6) is 0.200. The van der Waals surface area contributed by atoms with Gasteiger partial charge in [0, 0.05) is 17.8 Å². The van der Waals surface area contributed by atoms with Gasteiger partial charge >= 0.3 is 0 Å². The molecule has 0 spiro atoms. The SMILES string of the molecule is NC(=S)COc1cccc(NC(=O)c2ccon2)c1. The summed E-state index contributed by atoms with van der Waals surface area (Å²) in [6.07, 6.45) is 1.33. The number of anilines is 1. The molecule has 0 saturated carbocycles. The number of thiocarbonyl (C=S) groups is 1. The topological polar surface area (TPSA) is 90.4 Å². The zero-order valence-electron chi connectivity index (χ0n) is 9.83. The van der Waals surface area contributed by atoms with Gasteiger partial charge in [0.25, 0.3) is 5.91 Å². The molecule has 7 heteroatoms. The summed E-state index contributed by atoms with van der Waals surface area (Å²) in [4.78, 5) is 12.0. The van der Waals surface area contributed by atoms with Crippen LogP contribution in [0.25, 0.3) is 0 Å².